The minimum absolute atomic E-state index is 0.530. The molecule has 0 saturated carbocycles. The molecular formula is C15H12N3O3-. The van der Waals surface area contributed by atoms with Crippen molar-refractivity contribution in [3.8, 4) is 0 Å². The highest BCUT2D eigenvalue weighted by atomic mass is 16.4. The Balaban J connectivity index is 1.95. The van der Waals surface area contributed by atoms with Gasteiger partial charge < -0.3 is 19.2 Å². The molecule has 21 heavy (non-hydrogen) atoms. The van der Waals surface area contributed by atoms with Crippen LogP contribution in [0, 0.1) is 0 Å². The third kappa shape index (κ3) is 1.75. The van der Waals surface area contributed by atoms with Crippen LogP contribution >= 0.6 is 0 Å². The van der Waals surface area contributed by atoms with Gasteiger partial charge in [-0.05, 0) is 25.0 Å². The van der Waals surface area contributed by atoms with Gasteiger partial charge in [0.25, 0.3) is 0 Å². The van der Waals surface area contributed by atoms with Crippen molar-refractivity contribution >= 4 is 33.9 Å². The second-order valence-electron chi connectivity index (χ2n) is 5.14. The number of fused-ring (bicyclic) bond motifs is 3. The summed E-state index contributed by atoms with van der Waals surface area (Å²) in [7, 11) is 0. The van der Waals surface area contributed by atoms with E-state index in [0.717, 1.165) is 17.4 Å². The van der Waals surface area contributed by atoms with Crippen LogP contribution in [0.2, 0.25) is 0 Å². The van der Waals surface area contributed by atoms with Crippen LogP contribution in [0.5, 0.6) is 0 Å². The number of carboxylic acid groups (broad SMARTS) is 1. The lowest BCUT2D eigenvalue weighted by Crippen LogP contribution is -2.44. The third-order valence-corrected chi connectivity index (χ3v) is 3.94. The van der Waals surface area contributed by atoms with Crippen molar-refractivity contribution in [3.05, 3.63) is 30.6 Å². The predicted octanol–water partition coefficient (Wildman–Crippen LogP) is 1.09. The zero-order valence-electron chi connectivity index (χ0n) is 11.2. The van der Waals surface area contributed by atoms with Crippen LogP contribution in [-0.4, -0.2) is 28.5 Å². The first-order valence-corrected chi connectivity index (χ1v) is 6.85. The fourth-order valence-corrected chi connectivity index (χ4v) is 2.98. The van der Waals surface area contributed by atoms with Gasteiger partial charge in [-0.15, -0.1) is 0 Å². The fourth-order valence-electron chi connectivity index (χ4n) is 2.98. The number of benzene rings is 1. The number of furan rings is 1. The summed E-state index contributed by atoms with van der Waals surface area (Å²) in [6, 6.07) is 6.94. The highest BCUT2D eigenvalue weighted by Gasteiger charge is 2.29. The normalized spacial score (nSPS) is 18.7. The van der Waals surface area contributed by atoms with Gasteiger partial charge >= 0.3 is 0 Å². The number of aromatic nitrogens is 2. The van der Waals surface area contributed by atoms with Gasteiger partial charge in [0, 0.05) is 11.9 Å². The van der Waals surface area contributed by atoms with E-state index in [1.807, 2.05) is 24.3 Å². The molecule has 106 valence electrons. The Morgan fingerprint density at radius 3 is 3.05 bits per heavy atom. The molecule has 1 fully saturated rings. The molecule has 1 aliphatic rings. The summed E-state index contributed by atoms with van der Waals surface area (Å²) in [6.07, 6.45) is 2.81. The van der Waals surface area contributed by atoms with Gasteiger partial charge in [0.15, 0.2) is 11.4 Å². The number of aliphatic carboxylic acids is 1. The van der Waals surface area contributed by atoms with Gasteiger partial charge in [-0.1, -0.05) is 12.1 Å². The first-order valence-electron chi connectivity index (χ1n) is 6.85. The molecule has 0 aliphatic carbocycles. The van der Waals surface area contributed by atoms with Crippen LogP contribution in [-0.2, 0) is 4.79 Å². The quantitative estimate of drug-likeness (QED) is 0.700. The van der Waals surface area contributed by atoms with Crippen molar-refractivity contribution in [2.24, 2.45) is 0 Å². The third-order valence-electron chi connectivity index (χ3n) is 3.94. The Hall–Kier alpha value is -2.63. The molecule has 4 rings (SSSR count). The number of carbonyl (C=O) groups is 1. The number of hydrogen-bond acceptors (Lipinski definition) is 6. The van der Waals surface area contributed by atoms with Crippen molar-refractivity contribution in [2.75, 3.05) is 11.4 Å². The summed E-state index contributed by atoms with van der Waals surface area (Å²) in [5.41, 5.74) is 1.96. The fraction of sp³-hybridized carbons (Fsp3) is 0.267. The smallest absolute Gasteiger partial charge is 0.196 e. The average Bonchev–Trinajstić information content (AvgIpc) is 3.11. The molecule has 0 bridgehead atoms. The van der Waals surface area contributed by atoms with Crippen molar-refractivity contribution in [2.45, 2.75) is 18.9 Å². The highest BCUT2D eigenvalue weighted by molar-refractivity contribution is 6.05. The number of nitrogens with zero attached hydrogens (tertiary/aromatic N) is 3. The number of rotatable bonds is 2. The number of hydrogen-bond donors (Lipinski definition) is 0. The average molecular weight is 282 g/mol. The molecule has 6 nitrogen and oxygen atoms in total. The Morgan fingerprint density at radius 2 is 2.19 bits per heavy atom. The first kappa shape index (κ1) is 12.1. The van der Waals surface area contributed by atoms with Gasteiger partial charge in [0.05, 0.1) is 12.0 Å². The molecule has 0 amide bonds. The summed E-state index contributed by atoms with van der Waals surface area (Å²) >= 11 is 0. The number of carboxylic acids is 1. The molecule has 3 heterocycles. The molecule has 0 radical (unpaired) electrons. The number of anilines is 1. The minimum Gasteiger partial charge on any atom is -0.548 e. The largest absolute Gasteiger partial charge is 0.548 e. The maximum absolute atomic E-state index is 11.3. The van der Waals surface area contributed by atoms with Crippen molar-refractivity contribution < 1.29 is 14.3 Å². The summed E-state index contributed by atoms with van der Waals surface area (Å²) < 4.78 is 5.84. The summed E-state index contributed by atoms with van der Waals surface area (Å²) in [6.45, 7) is 0.627. The maximum Gasteiger partial charge on any atom is 0.196 e. The van der Waals surface area contributed by atoms with Crippen molar-refractivity contribution in [1.29, 1.82) is 0 Å². The molecule has 0 spiro atoms. The minimum atomic E-state index is -1.07. The summed E-state index contributed by atoms with van der Waals surface area (Å²) in [5, 5.41) is 12.2. The second-order valence-corrected chi connectivity index (χ2v) is 5.14. The van der Waals surface area contributed by atoms with E-state index in [1.165, 1.54) is 6.33 Å². The van der Waals surface area contributed by atoms with E-state index in [2.05, 4.69) is 9.97 Å². The molecular weight excluding hydrogens is 270 g/mol. The van der Waals surface area contributed by atoms with Crippen LogP contribution in [0.3, 0.4) is 0 Å². The van der Waals surface area contributed by atoms with Crippen LogP contribution < -0.4 is 10.0 Å². The SMILES string of the molecule is O=C([O-])[C@H]1CCCN1c1ncnc2c1oc1ccccc12. The van der Waals surface area contributed by atoms with E-state index >= 15 is 0 Å². The lowest BCUT2D eigenvalue weighted by Gasteiger charge is -2.25. The van der Waals surface area contributed by atoms with Crippen LogP contribution in [0.1, 0.15) is 12.8 Å². The molecule has 2 aromatic heterocycles. The lowest BCUT2D eigenvalue weighted by atomic mass is 10.2. The monoisotopic (exact) mass is 282 g/mol. The molecule has 0 unspecified atom stereocenters. The van der Waals surface area contributed by atoms with Crippen LogP contribution in [0.15, 0.2) is 35.0 Å². The predicted molar refractivity (Wildman–Crippen MR) is 74.7 cm³/mol. The number of para-hydroxylation sites is 1. The van der Waals surface area contributed by atoms with Gasteiger partial charge in [0.1, 0.15) is 17.4 Å². The van der Waals surface area contributed by atoms with Gasteiger partial charge in [0.2, 0.25) is 0 Å². The molecule has 1 aromatic carbocycles. The topological polar surface area (TPSA) is 82.3 Å². The lowest BCUT2D eigenvalue weighted by molar-refractivity contribution is -0.307. The standard InChI is InChI=1S/C15H13N3O3/c19-15(20)10-5-3-7-18(10)14-13-12(16-8-17-14)9-4-1-2-6-11(9)21-13/h1-2,4,6,8,10H,3,5,7H2,(H,19,20)/p-1/t10-/m1/s1. The van der Waals surface area contributed by atoms with E-state index in [0.29, 0.717) is 29.9 Å². The molecule has 0 N–H and O–H groups in total. The van der Waals surface area contributed by atoms with Gasteiger partial charge in [-0.2, -0.15) is 0 Å². The van der Waals surface area contributed by atoms with Gasteiger partial charge in [-0.3, -0.25) is 0 Å². The second kappa shape index (κ2) is 4.44. The van der Waals surface area contributed by atoms with Crippen LogP contribution in [0.4, 0.5) is 5.82 Å². The van der Waals surface area contributed by atoms with E-state index in [-0.39, 0.29) is 0 Å². The van der Waals surface area contributed by atoms with Crippen molar-refractivity contribution in [1.82, 2.24) is 9.97 Å². The Bertz CT molecular complexity index is 842. The highest BCUT2D eigenvalue weighted by Crippen LogP contribution is 2.34. The molecule has 1 atom stereocenters. The molecule has 1 aliphatic heterocycles. The summed E-state index contributed by atoms with van der Waals surface area (Å²) in [5.74, 6) is -0.543. The molecule has 3 aromatic rings. The molecule has 1 saturated heterocycles. The summed E-state index contributed by atoms with van der Waals surface area (Å²) in [4.78, 5) is 21.5. The first-order chi connectivity index (χ1) is 10.3. The van der Waals surface area contributed by atoms with E-state index < -0.39 is 12.0 Å². The Morgan fingerprint density at radius 1 is 1.33 bits per heavy atom. The zero-order valence-corrected chi connectivity index (χ0v) is 11.2. The molecule has 6 heteroatoms. The maximum atomic E-state index is 11.3. The Labute approximate surface area is 120 Å². The Kier molecular flexibility index (Phi) is 2.57. The van der Waals surface area contributed by atoms with E-state index in [4.69, 9.17) is 4.42 Å². The van der Waals surface area contributed by atoms with Gasteiger partial charge in [-0.25, -0.2) is 9.97 Å². The van der Waals surface area contributed by atoms with Crippen molar-refractivity contribution in [3.63, 3.8) is 0 Å². The number of carbonyl (C=O) groups excluding carboxylic acids is 1. The van der Waals surface area contributed by atoms with E-state index in [1.54, 1.807) is 4.90 Å². The van der Waals surface area contributed by atoms with E-state index in [9.17, 15) is 9.90 Å². The van der Waals surface area contributed by atoms with Crippen LogP contribution in [0.25, 0.3) is 22.1 Å². The zero-order chi connectivity index (χ0) is 14.4.